The maximum Gasteiger partial charge on any atom is 0.259 e. The number of nitrogens with zero attached hydrogens (tertiary/aromatic N) is 3. The first-order chi connectivity index (χ1) is 26.6. The summed E-state index contributed by atoms with van der Waals surface area (Å²) < 4.78 is 34.3. The zero-order valence-electron chi connectivity index (χ0n) is 30.8. The molecule has 12 nitrogen and oxygen atoms in total. The summed E-state index contributed by atoms with van der Waals surface area (Å²) in [7, 11) is -3.96. The second-order valence-corrected chi connectivity index (χ2v) is 17.7. The van der Waals surface area contributed by atoms with E-state index in [-0.39, 0.29) is 25.3 Å². The molecule has 8 rings (SSSR count). The van der Waals surface area contributed by atoms with Gasteiger partial charge in [0, 0.05) is 23.6 Å². The quantitative estimate of drug-likeness (QED) is 0.197. The number of nitrogens with one attached hydrogen (secondary N) is 3. The number of rotatable bonds is 8. The zero-order chi connectivity index (χ0) is 38.2. The Morgan fingerprint density at radius 3 is 2.42 bits per heavy atom. The number of allylic oxidation sites excluding steroid dienone is 1. The Morgan fingerprint density at radius 2 is 1.65 bits per heavy atom. The third-order valence-corrected chi connectivity index (χ3v) is 13.6. The van der Waals surface area contributed by atoms with Gasteiger partial charge in [-0.05, 0) is 69.7 Å². The molecule has 0 radical (unpaired) electrons. The Morgan fingerprint density at radius 1 is 0.927 bits per heavy atom. The van der Waals surface area contributed by atoms with Crippen LogP contribution in [-0.4, -0.2) is 76.0 Å². The van der Waals surface area contributed by atoms with Crippen LogP contribution in [0.3, 0.4) is 0 Å². The van der Waals surface area contributed by atoms with E-state index < -0.39 is 56.2 Å². The van der Waals surface area contributed by atoms with E-state index in [0.717, 1.165) is 36.9 Å². The van der Waals surface area contributed by atoms with Crippen molar-refractivity contribution in [3.63, 3.8) is 0 Å². The molecule has 2 aliphatic heterocycles. The molecule has 2 aliphatic carbocycles. The summed E-state index contributed by atoms with van der Waals surface area (Å²) in [4.78, 5) is 54.3. The molecule has 1 saturated heterocycles. The number of aromatic nitrogens is 2. The van der Waals surface area contributed by atoms with Crippen LogP contribution in [0.15, 0.2) is 97.1 Å². The van der Waals surface area contributed by atoms with Crippen LogP contribution in [0.2, 0.25) is 0 Å². The molecule has 3 fully saturated rings. The van der Waals surface area contributed by atoms with Crippen molar-refractivity contribution in [3.05, 3.63) is 97.1 Å². The Balaban J connectivity index is 1.13. The minimum atomic E-state index is -3.96. The predicted octanol–water partition coefficient (Wildman–Crippen LogP) is 5.52. The summed E-state index contributed by atoms with van der Waals surface area (Å²) in [5, 5.41) is 7.09. The van der Waals surface area contributed by atoms with E-state index >= 15 is 0 Å². The smallest absolute Gasteiger partial charge is 0.259 e. The average molecular weight is 763 g/mol. The number of ether oxygens (including phenoxy) is 1. The second-order valence-electron chi connectivity index (χ2n) is 15.5. The van der Waals surface area contributed by atoms with E-state index in [1.54, 1.807) is 11.8 Å². The summed E-state index contributed by atoms with van der Waals surface area (Å²) >= 11 is 0. The monoisotopic (exact) mass is 762 g/mol. The van der Waals surface area contributed by atoms with Gasteiger partial charge < -0.3 is 20.3 Å². The van der Waals surface area contributed by atoms with Crippen molar-refractivity contribution >= 4 is 44.3 Å². The van der Waals surface area contributed by atoms with Gasteiger partial charge in [-0.3, -0.25) is 19.1 Å². The lowest BCUT2D eigenvalue weighted by molar-refractivity contribution is -0.140. The molecule has 0 spiro atoms. The molecule has 55 heavy (non-hydrogen) atoms. The lowest BCUT2D eigenvalue weighted by Gasteiger charge is -2.30. The predicted molar refractivity (Wildman–Crippen MR) is 209 cm³/mol. The number of hydrogen-bond donors (Lipinski definition) is 3. The number of fused-ring (bicyclic) bond motifs is 3. The number of para-hydroxylation sites is 2. The fourth-order valence-corrected chi connectivity index (χ4v) is 9.01. The number of sulfonamides is 1. The SMILES string of the molecule is CC1(S(=O)(=O)NC(=O)[C@@]23C[C@H]2/C=C\CCCCC[C@H](Nc2ccccc2)C(=O)N2C[C@H](Oc4nc(-c5ccccc5)nc5ccccc45)C[C@H]2C(=O)N3)CC1. The summed E-state index contributed by atoms with van der Waals surface area (Å²) in [5.74, 6) is -1.11. The highest BCUT2D eigenvalue weighted by Crippen LogP contribution is 2.47. The van der Waals surface area contributed by atoms with Gasteiger partial charge in [-0.25, -0.2) is 13.4 Å². The summed E-state index contributed by atoms with van der Waals surface area (Å²) in [5.41, 5.74) is 0.832. The van der Waals surface area contributed by atoms with Crippen molar-refractivity contribution in [1.29, 1.82) is 0 Å². The van der Waals surface area contributed by atoms with Crippen LogP contribution in [0.25, 0.3) is 22.3 Å². The first-order valence-electron chi connectivity index (χ1n) is 19.2. The third-order valence-electron chi connectivity index (χ3n) is 11.5. The molecule has 286 valence electrons. The van der Waals surface area contributed by atoms with Crippen molar-refractivity contribution in [1.82, 2.24) is 24.9 Å². The van der Waals surface area contributed by atoms with Crippen LogP contribution in [-0.2, 0) is 24.4 Å². The van der Waals surface area contributed by atoms with Gasteiger partial charge in [0.25, 0.3) is 5.91 Å². The third kappa shape index (κ3) is 7.54. The van der Waals surface area contributed by atoms with Gasteiger partial charge in [0.15, 0.2) is 5.82 Å². The van der Waals surface area contributed by atoms with Crippen molar-refractivity contribution in [2.75, 3.05) is 11.9 Å². The molecule has 4 aliphatic rings. The van der Waals surface area contributed by atoms with Gasteiger partial charge in [0.1, 0.15) is 23.7 Å². The number of hydrogen-bond acceptors (Lipinski definition) is 9. The molecule has 1 aromatic heterocycles. The van der Waals surface area contributed by atoms with Gasteiger partial charge in [0.05, 0.1) is 22.2 Å². The molecule has 0 bridgehead atoms. The van der Waals surface area contributed by atoms with Crippen molar-refractivity contribution in [3.8, 4) is 17.3 Å². The molecule has 3 amide bonds. The van der Waals surface area contributed by atoms with Crippen LogP contribution in [0.5, 0.6) is 5.88 Å². The van der Waals surface area contributed by atoms with E-state index in [2.05, 4.69) is 15.4 Å². The molecule has 3 heterocycles. The van der Waals surface area contributed by atoms with Crippen LogP contribution < -0.4 is 20.1 Å². The first-order valence-corrected chi connectivity index (χ1v) is 20.7. The molecule has 3 aromatic carbocycles. The van der Waals surface area contributed by atoms with Gasteiger partial charge in [-0.2, -0.15) is 4.98 Å². The molecular weight excluding hydrogens is 717 g/mol. The molecule has 2 saturated carbocycles. The van der Waals surface area contributed by atoms with Gasteiger partial charge >= 0.3 is 0 Å². The molecular formula is C42H46N6O6S. The minimum Gasteiger partial charge on any atom is -0.472 e. The van der Waals surface area contributed by atoms with Crippen LogP contribution in [0.4, 0.5) is 5.69 Å². The molecule has 3 N–H and O–H groups in total. The topological polar surface area (TPSA) is 160 Å². The fourth-order valence-electron chi connectivity index (χ4n) is 7.69. The van der Waals surface area contributed by atoms with E-state index in [1.807, 2.05) is 97.1 Å². The Bertz CT molecular complexity index is 2230. The molecule has 0 unspecified atom stereocenters. The van der Waals surface area contributed by atoms with Crippen LogP contribution in [0.1, 0.15) is 64.7 Å². The summed E-state index contributed by atoms with van der Waals surface area (Å²) in [6.07, 6.45) is 8.47. The second kappa shape index (κ2) is 14.7. The maximum atomic E-state index is 14.7. The van der Waals surface area contributed by atoms with Gasteiger partial charge in [-0.1, -0.05) is 85.7 Å². The minimum absolute atomic E-state index is 0.0954. The Labute approximate surface area is 321 Å². The number of carbonyl (C=O) groups excluding carboxylic acids is 3. The lowest BCUT2D eigenvalue weighted by atomic mass is 10.0. The van der Waals surface area contributed by atoms with Crippen molar-refractivity contribution in [2.24, 2.45) is 5.92 Å². The van der Waals surface area contributed by atoms with Crippen molar-refractivity contribution < 1.29 is 27.5 Å². The average Bonchev–Trinajstić information content (AvgIpc) is 4.07. The lowest BCUT2D eigenvalue weighted by Crippen LogP contribution is -2.58. The highest BCUT2D eigenvalue weighted by Gasteiger charge is 2.63. The van der Waals surface area contributed by atoms with E-state index in [9.17, 15) is 22.8 Å². The highest BCUT2D eigenvalue weighted by atomic mass is 32.2. The summed E-state index contributed by atoms with van der Waals surface area (Å²) in [6.45, 7) is 1.71. The standard InChI is InChI=1S/C42H46N6O6S/c1-41(23-24-41)55(52,53)47-40(51)42-26-29(42)17-9-3-2-4-12-22-34(43-30-18-10-6-11-19-30)39(50)48-27-31(25-35(48)37(49)46-42)54-38-32-20-13-14-21-33(32)44-36(45-38)28-15-7-5-8-16-28/h5-11,13-21,29,31,34-35,43H,2-4,12,22-27H2,1H3,(H,46,49)(H,47,51)/b17-9-/t29-,31-,34+,35+,42-/m1/s1. The Hall–Kier alpha value is -5.30. The van der Waals surface area contributed by atoms with Crippen molar-refractivity contribution in [2.45, 2.75) is 93.2 Å². The Kier molecular flexibility index (Phi) is 9.83. The normalized spacial score (nSPS) is 27.0. The number of benzene rings is 3. The molecule has 13 heteroatoms. The van der Waals surface area contributed by atoms with E-state index in [1.165, 1.54) is 0 Å². The fraction of sp³-hybridized carbons (Fsp3) is 0.405. The number of anilines is 1. The number of carbonyl (C=O) groups is 3. The van der Waals surface area contributed by atoms with Gasteiger partial charge in [-0.15, -0.1) is 0 Å². The molecule has 4 aromatic rings. The zero-order valence-corrected chi connectivity index (χ0v) is 31.6. The summed E-state index contributed by atoms with van der Waals surface area (Å²) in [6, 6.07) is 25.0. The maximum absolute atomic E-state index is 14.7. The first kappa shape index (κ1) is 36.7. The van der Waals surface area contributed by atoms with E-state index in [4.69, 9.17) is 14.7 Å². The molecule has 5 atom stereocenters. The largest absolute Gasteiger partial charge is 0.472 e. The van der Waals surface area contributed by atoms with Crippen LogP contribution >= 0.6 is 0 Å². The van der Waals surface area contributed by atoms with Crippen LogP contribution in [0, 0.1) is 5.92 Å². The van der Waals surface area contributed by atoms with E-state index in [0.29, 0.717) is 41.9 Å². The highest BCUT2D eigenvalue weighted by molar-refractivity contribution is 7.91. The van der Waals surface area contributed by atoms with Gasteiger partial charge in [0.2, 0.25) is 27.7 Å². The number of amides is 3.